The van der Waals surface area contributed by atoms with E-state index in [9.17, 15) is 18.0 Å². The minimum absolute atomic E-state index is 0.0141. The van der Waals surface area contributed by atoms with Crippen molar-refractivity contribution >= 4 is 28.1 Å². The number of hydrogen-bond donors (Lipinski definition) is 1. The van der Waals surface area contributed by atoms with Crippen LogP contribution in [-0.4, -0.2) is 12.6 Å². The Labute approximate surface area is 151 Å². The number of hydrogen-bond acceptors (Lipinski definition) is 2. The van der Waals surface area contributed by atoms with Crippen LogP contribution in [0.25, 0.3) is 6.08 Å². The van der Waals surface area contributed by atoms with Crippen LogP contribution in [0.1, 0.15) is 16.7 Å². The number of ether oxygens (including phenoxy) is 1. The van der Waals surface area contributed by atoms with E-state index in [2.05, 4.69) is 21.2 Å². The molecule has 0 saturated carbocycles. The highest BCUT2D eigenvalue weighted by molar-refractivity contribution is 9.10. The van der Waals surface area contributed by atoms with Crippen molar-refractivity contribution in [2.75, 3.05) is 6.54 Å². The molecule has 0 fully saturated rings. The van der Waals surface area contributed by atoms with Gasteiger partial charge >= 0.3 is 12.3 Å². The number of carbonyl (C=O) groups is 1. The first-order valence-corrected chi connectivity index (χ1v) is 8.13. The van der Waals surface area contributed by atoms with E-state index in [0.29, 0.717) is 5.56 Å². The molecule has 1 amide bonds. The van der Waals surface area contributed by atoms with Crippen LogP contribution >= 0.6 is 15.9 Å². The molecule has 0 atom stereocenters. The Hall–Kier alpha value is -2.28. The first kappa shape index (κ1) is 19.1. The summed E-state index contributed by atoms with van der Waals surface area (Å²) in [6.07, 6.45) is -1.98. The lowest BCUT2D eigenvalue weighted by molar-refractivity contribution is -0.138. The summed E-state index contributed by atoms with van der Waals surface area (Å²) in [4.78, 5) is 11.5. The van der Waals surface area contributed by atoms with Crippen molar-refractivity contribution in [1.82, 2.24) is 5.32 Å². The highest BCUT2D eigenvalue weighted by Gasteiger charge is 2.32. The zero-order chi connectivity index (χ0) is 18.3. The van der Waals surface area contributed by atoms with Gasteiger partial charge in [-0.3, -0.25) is 0 Å². The van der Waals surface area contributed by atoms with Crippen LogP contribution in [0.4, 0.5) is 18.0 Å². The van der Waals surface area contributed by atoms with Gasteiger partial charge in [0.15, 0.2) is 0 Å². The third-order valence-corrected chi connectivity index (χ3v) is 3.87. The minimum Gasteiger partial charge on any atom is -0.445 e. The van der Waals surface area contributed by atoms with Crippen molar-refractivity contribution < 1.29 is 22.7 Å². The second kappa shape index (κ2) is 8.71. The fourth-order valence-corrected chi connectivity index (χ4v) is 2.45. The van der Waals surface area contributed by atoms with Gasteiger partial charge in [-0.25, -0.2) is 4.79 Å². The number of carbonyl (C=O) groups excluding carboxylic acids is 1. The quantitative estimate of drug-likeness (QED) is 0.711. The molecule has 0 radical (unpaired) electrons. The summed E-state index contributed by atoms with van der Waals surface area (Å²) < 4.78 is 43.5. The third kappa shape index (κ3) is 6.26. The Kier molecular flexibility index (Phi) is 6.64. The summed E-state index contributed by atoms with van der Waals surface area (Å²) in [6, 6.07) is 13.1. The molecule has 2 aromatic carbocycles. The number of nitrogens with one attached hydrogen (secondary N) is 1. The van der Waals surface area contributed by atoms with Gasteiger partial charge in [0.25, 0.3) is 0 Å². The van der Waals surface area contributed by atoms with Crippen molar-refractivity contribution in [3.63, 3.8) is 0 Å². The SMILES string of the molecule is O=C(NCC=Cc1ccc(Br)c(C(F)(F)F)c1)OCc1ccccc1. The molecule has 0 heterocycles. The number of alkyl carbamates (subject to hydrolysis) is 1. The fourth-order valence-electron chi connectivity index (χ4n) is 1.98. The molecule has 7 heteroatoms. The van der Waals surface area contributed by atoms with Gasteiger partial charge in [-0.05, 0) is 23.3 Å². The minimum atomic E-state index is -4.43. The van der Waals surface area contributed by atoms with Crippen molar-refractivity contribution in [1.29, 1.82) is 0 Å². The van der Waals surface area contributed by atoms with E-state index in [1.54, 1.807) is 12.1 Å². The van der Waals surface area contributed by atoms with E-state index < -0.39 is 17.8 Å². The van der Waals surface area contributed by atoms with E-state index >= 15 is 0 Å². The number of amides is 1. The summed E-state index contributed by atoms with van der Waals surface area (Å²) in [5.41, 5.74) is 0.502. The van der Waals surface area contributed by atoms with E-state index in [0.717, 1.165) is 11.6 Å². The van der Waals surface area contributed by atoms with Crippen LogP contribution in [0.2, 0.25) is 0 Å². The van der Waals surface area contributed by atoms with E-state index in [4.69, 9.17) is 4.74 Å². The maximum atomic E-state index is 12.8. The third-order valence-electron chi connectivity index (χ3n) is 3.18. The van der Waals surface area contributed by atoms with Crippen LogP contribution in [0.5, 0.6) is 0 Å². The van der Waals surface area contributed by atoms with Gasteiger partial charge in [0.1, 0.15) is 6.61 Å². The highest BCUT2D eigenvalue weighted by Crippen LogP contribution is 2.35. The highest BCUT2D eigenvalue weighted by atomic mass is 79.9. The van der Waals surface area contributed by atoms with Gasteiger partial charge in [0.2, 0.25) is 0 Å². The standard InChI is InChI=1S/C18H15BrF3NO2/c19-16-9-8-13(11-15(16)18(20,21)22)7-4-10-23-17(24)25-12-14-5-2-1-3-6-14/h1-9,11H,10,12H2,(H,23,24). The van der Waals surface area contributed by atoms with Gasteiger partial charge in [-0.15, -0.1) is 0 Å². The maximum absolute atomic E-state index is 12.8. The molecular weight excluding hydrogens is 399 g/mol. The Balaban J connectivity index is 1.82. The molecule has 0 aliphatic rings. The Morgan fingerprint density at radius 1 is 1.16 bits per heavy atom. The Morgan fingerprint density at radius 3 is 2.56 bits per heavy atom. The average molecular weight is 414 g/mol. The molecule has 25 heavy (non-hydrogen) atoms. The molecule has 0 unspecified atom stereocenters. The first-order chi connectivity index (χ1) is 11.9. The van der Waals surface area contributed by atoms with Gasteiger partial charge < -0.3 is 10.1 Å². The molecule has 2 aromatic rings. The zero-order valence-corrected chi connectivity index (χ0v) is 14.6. The van der Waals surface area contributed by atoms with Crippen LogP contribution in [0.3, 0.4) is 0 Å². The fraction of sp³-hybridized carbons (Fsp3) is 0.167. The predicted molar refractivity (Wildman–Crippen MR) is 92.8 cm³/mol. The maximum Gasteiger partial charge on any atom is 0.417 e. The summed E-state index contributed by atoms with van der Waals surface area (Å²) in [7, 11) is 0. The number of halogens is 4. The topological polar surface area (TPSA) is 38.3 Å². The molecule has 2 rings (SSSR count). The van der Waals surface area contributed by atoms with E-state index in [1.807, 2.05) is 30.3 Å². The van der Waals surface area contributed by atoms with Crippen molar-refractivity contribution in [3.8, 4) is 0 Å². The van der Waals surface area contributed by atoms with Gasteiger partial charge in [0, 0.05) is 11.0 Å². The molecular formula is C18H15BrF3NO2. The molecule has 0 aliphatic carbocycles. The second-order valence-corrected chi connectivity index (χ2v) is 5.94. The van der Waals surface area contributed by atoms with Crippen LogP contribution in [0, 0.1) is 0 Å². The zero-order valence-electron chi connectivity index (χ0n) is 13.0. The number of alkyl halides is 3. The molecule has 0 spiro atoms. The average Bonchev–Trinajstić information content (AvgIpc) is 2.58. The van der Waals surface area contributed by atoms with E-state index in [-0.39, 0.29) is 17.6 Å². The van der Waals surface area contributed by atoms with E-state index in [1.165, 1.54) is 12.1 Å². The molecule has 0 saturated heterocycles. The van der Waals surface area contributed by atoms with Crippen molar-refractivity contribution in [2.24, 2.45) is 0 Å². The number of benzene rings is 2. The first-order valence-electron chi connectivity index (χ1n) is 7.34. The molecule has 0 bridgehead atoms. The predicted octanol–water partition coefficient (Wildman–Crippen LogP) is 5.41. The largest absolute Gasteiger partial charge is 0.445 e. The molecule has 0 aliphatic heterocycles. The summed E-state index contributed by atoms with van der Waals surface area (Å²) >= 11 is 2.89. The monoisotopic (exact) mass is 413 g/mol. The van der Waals surface area contributed by atoms with Gasteiger partial charge in [0.05, 0.1) is 5.56 Å². The number of rotatable bonds is 5. The second-order valence-electron chi connectivity index (χ2n) is 5.08. The summed E-state index contributed by atoms with van der Waals surface area (Å²) in [5.74, 6) is 0. The summed E-state index contributed by atoms with van der Waals surface area (Å²) in [5, 5.41) is 2.50. The Morgan fingerprint density at radius 2 is 1.88 bits per heavy atom. The van der Waals surface area contributed by atoms with Gasteiger partial charge in [-0.2, -0.15) is 13.2 Å². The molecule has 0 aromatic heterocycles. The van der Waals surface area contributed by atoms with Crippen LogP contribution in [-0.2, 0) is 17.5 Å². The lowest BCUT2D eigenvalue weighted by atomic mass is 10.1. The normalized spacial score (nSPS) is 11.5. The smallest absolute Gasteiger partial charge is 0.417 e. The van der Waals surface area contributed by atoms with Crippen LogP contribution < -0.4 is 5.32 Å². The van der Waals surface area contributed by atoms with Crippen molar-refractivity contribution in [2.45, 2.75) is 12.8 Å². The molecule has 1 N–H and O–H groups in total. The van der Waals surface area contributed by atoms with Crippen LogP contribution in [0.15, 0.2) is 59.1 Å². The van der Waals surface area contributed by atoms with Gasteiger partial charge in [-0.1, -0.05) is 64.5 Å². The summed E-state index contributed by atoms with van der Waals surface area (Å²) in [6.45, 7) is 0.295. The lowest BCUT2D eigenvalue weighted by Gasteiger charge is -2.09. The lowest BCUT2D eigenvalue weighted by Crippen LogP contribution is -2.24. The van der Waals surface area contributed by atoms with Crippen molar-refractivity contribution in [3.05, 3.63) is 75.8 Å². The molecule has 3 nitrogen and oxygen atoms in total. The Bertz CT molecular complexity index is 746. The molecule has 132 valence electrons.